The molecule has 146 valence electrons. The summed E-state index contributed by atoms with van der Waals surface area (Å²) in [5.41, 5.74) is 5.17. The molecule has 0 aliphatic rings. The molecule has 0 atom stereocenters. The number of aryl methyl sites for hydroxylation is 2. The van der Waals surface area contributed by atoms with Gasteiger partial charge in [-0.15, -0.1) is 0 Å². The van der Waals surface area contributed by atoms with Gasteiger partial charge in [0.25, 0.3) is 0 Å². The number of benzene rings is 2. The first-order valence-electron chi connectivity index (χ1n) is 9.52. The molecule has 0 saturated heterocycles. The summed E-state index contributed by atoms with van der Waals surface area (Å²) in [4.78, 5) is 14.6. The number of anilines is 3. The van der Waals surface area contributed by atoms with Gasteiger partial charge in [-0.1, -0.05) is 6.07 Å². The Kier molecular flexibility index (Phi) is 7.53. The molecule has 5 heteroatoms. The molecule has 2 aromatic carbocycles. The molecule has 0 radical (unpaired) electrons. The molecule has 2 rings (SSSR count). The first-order chi connectivity index (χ1) is 13.0. The highest BCUT2D eigenvalue weighted by atomic mass is 16.5. The first kappa shape index (κ1) is 20.6. The summed E-state index contributed by atoms with van der Waals surface area (Å²) in [6, 6.07) is 12.1. The van der Waals surface area contributed by atoms with Gasteiger partial charge in [0.15, 0.2) is 0 Å². The van der Waals surface area contributed by atoms with Crippen LogP contribution in [0, 0.1) is 13.8 Å². The largest absolute Gasteiger partial charge is 0.495 e. The number of hydrogen-bond acceptors (Lipinski definition) is 4. The number of carbonyl (C=O) groups excluding carboxylic acids is 1. The van der Waals surface area contributed by atoms with Gasteiger partial charge in [-0.3, -0.25) is 4.79 Å². The highest BCUT2D eigenvalue weighted by molar-refractivity contribution is 5.92. The molecule has 5 nitrogen and oxygen atoms in total. The molecule has 0 unspecified atom stereocenters. The monoisotopic (exact) mass is 369 g/mol. The zero-order chi connectivity index (χ0) is 19.8. The average molecular weight is 370 g/mol. The van der Waals surface area contributed by atoms with Crippen LogP contribution in [0.5, 0.6) is 5.75 Å². The van der Waals surface area contributed by atoms with Crippen molar-refractivity contribution in [2.24, 2.45) is 0 Å². The maximum atomic E-state index is 12.3. The van der Waals surface area contributed by atoms with Crippen LogP contribution in [0.25, 0.3) is 0 Å². The summed E-state index contributed by atoms with van der Waals surface area (Å²) in [6.07, 6.45) is 0.383. The number of amides is 1. The highest BCUT2D eigenvalue weighted by Gasteiger charge is 2.09. The third-order valence-electron chi connectivity index (χ3n) is 4.64. The van der Waals surface area contributed by atoms with Gasteiger partial charge in [-0.05, 0) is 69.2 Å². The van der Waals surface area contributed by atoms with Crippen LogP contribution in [0.15, 0.2) is 36.4 Å². The van der Waals surface area contributed by atoms with Crippen molar-refractivity contribution in [1.29, 1.82) is 0 Å². The van der Waals surface area contributed by atoms with Crippen LogP contribution >= 0.6 is 0 Å². The van der Waals surface area contributed by atoms with Crippen molar-refractivity contribution in [3.63, 3.8) is 0 Å². The molecule has 0 aliphatic carbocycles. The van der Waals surface area contributed by atoms with Crippen LogP contribution in [0.4, 0.5) is 17.1 Å². The molecule has 0 aliphatic heterocycles. The van der Waals surface area contributed by atoms with E-state index in [2.05, 4.69) is 41.5 Å². The van der Waals surface area contributed by atoms with Gasteiger partial charge in [0.05, 0.1) is 12.8 Å². The van der Waals surface area contributed by atoms with Gasteiger partial charge in [0.1, 0.15) is 5.75 Å². The number of rotatable bonds is 9. The maximum Gasteiger partial charge on any atom is 0.226 e. The lowest BCUT2D eigenvalue weighted by Crippen LogP contribution is -2.22. The van der Waals surface area contributed by atoms with Crippen LogP contribution < -0.4 is 20.3 Å². The Bertz CT molecular complexity index is 770. The molecule has 0 saturated carbocycles. The topological polar surface area (TPSA) is 53.6 Å². The minimum absolute atomic E-state index is 0.00666. The van der Waals surface area contributed by atoms with E-state index in [0.29, 0.717) is 13.0 Å². The number of methoxy groups -OCH3 is 1. The van der Waals surface area contributed by atoms with Crippen molar-refractivity contribution >= 4 is 23.0 Å². The number of carbonyl (C=O) groups is 1. The second kappa shape index (κ2) is 9.86. The van der Waals surface area contributed by atoms with E-state index in [1.54, 1.807) is 7.11 Å². The number of nitrogens with zero attached hydrogens (tertiary/aromatic N) is 1. The predicted molar refractivity (Wildman–Crippen MR) is 114 cm³/mol. The molecule has 2 N–H and O–H groups in total. The van der Waals surface area contributed by atoms with Crippen LogP contribution in [-0.2, 0) is 4.79 Å². The van der Waals surface area contributed by atoms with Gasteiger partial charge in [-0.2, -0.15) is 0 Å². The third-order valence-corrected chi connectivity index (χ3v) is 4.64. The Labute approximate surface area is 162 Å². The summed E-state index contributed by atoms with van der Waals surface area (Å²) in [5, 5.41) is 6.29. The van der Waals surface area contributed by atoms with E-state index < -0.39 is 0 Å². The summed E-state index contributed by atoms with van der Waals surface area (Å²) < 4.78 is 5.35. The number of ether oxygens (including phenoxy) is 1. The van der Waals surface area contributed by atoms with Gasteiger partial charge in [0.2, 0.25) is 5.91 Å². The van der Waals surface area contributed by atoms with Crippen LogP contribution in [0.3, 0.4) is 0 Å². The summed E-state index contributed by atoms with van der Waals surface area (Å²) in [6.45, 7) is 10.8. The zero-order valence-electron chi connectivity index (χ0n) is 17.1. The van der Waals surface area contributed by atoms with Gasteiger partial charge < -0.3 is 20.3 Å². The smallest absolute Gasteiger partial charge is 0.226 e. The Balaban J connectivity index is 1.92. The van der Waals surface area contributed by atoms with E-state index in [0.717, 1.165) is 41.3 Å². The second-order valence-corrected chi connectivity index (χ2v) is 6.60. The second-order valence-electron chi connectivity index (χ2n) is 6.60. The van der Waals surface area contributed by atoms with Crippen LogP contribution in [0.2, 0.25) is 0 Å². The fraction of sp³-hybridized carbons (Fsp3) is 0.409. The van der Waals surface area contributed by atoms with E-state index in [9.17, 15) is 4.79 Å². The van der Waals surface area contributed by atoms with Gasteiger partial charge in [-0.25, -0.2) is 0 Å². The van der Waals surface area contributed by atoms with Crippen LogP contribution in [0.1, 0.15) is 31.4 Å². The lowest BCUT2D eigenvalue weighted by molar-refractivity contribution is -0.115. The Morgan fingerprint density at radius 3 is 2.41 bits per heavy atom. The fourth-order valence-electron chi connectivity index (χ4n) is 3.06. The lowest BCUT2D eigenvalue weighted by Gasteiger charge is -2.22. The van der Waals surface area contributed by atoms with Crippen LogP contribution in [-0.4, -0.2) is 32.7 Å². The normalized spacial score (nSPS) is 10.4. The molecular weight excluding hydrogens is 338 g/mol. The summed E-state index contributed by atoms with van der Waals surface area (Å²) >= 11 is 0. The lowest BCUT2D eigenvalue weighted by atomic mass is 10.1. The highest BCUT2D eigenvalue weighted by Crippen LogP contribution is 2.25. The Morgan fingerprint density at radius 2 is 1.78 bits per heavy atom. The fourth-order valence-corrected chi connectivity index (χ4v) is 3.06. The third kappa shape index (κ3) is 5.64. The molecule has 2 aromatic rings. The van der Waals surface area contributed by atoms with E-state index in [1.165, 1.54) is 5.69 Å². The molecule has 0 spiro atoms. The van der Waals surface area contributed by atoms with E-state index in [-0.39, 0.29) is 5.91 Å². The Hall–Kier alpha value is -2.69. The summed E-state index contributed by atoms with van der Waals surface area (Å²) in [5.74, 6) is 0.775. The molecule has 0 fully saturated rings. The van der Waals surface area contributed by atoms with Crippen molar-refractivity contribution in [2.75, 3.05) is 42.3 Å². The quantitative estimate of drug-likeness (QED) is 0.678. The minimum atomic E-state index is -0.00666. The summed E-state index contributed by atoms with van der Waals surface area (Å²) in [7, 11) is 1.65. The van der Waals surface area contributed by atoms with Crippen molar-refractivity contribution in [2.45, 2.75) is 34.1 Å². The number of hydrogen-bond donors (Lipinski definition) is 2. The van der Waals surface area contributed by atoms with E-state index >= 15 is 0 Å². The molecule has 0 heterocycles. The Morgan fingerprint density at radius 1 is 1.04 bits per heavy atom. The van der Waals surface area contributed by atoms with Crippen molar-refractivity contribution < 1.29 is 9.53 Å². The average Bonchev–Trinajstić information content (AvgIpc) is 2.65. The molecule has 0 aromatic heterocycles. The molecule has 27 heavy (non-hydrogen) atoms. The van der Waals surface area contributed by atoms with Crippen molar-refractivity contribution in [3.05, 3.63) is 47.5 Å². The number of nitrogens with one attached hydrogen (secondary N) is 2. The zero-order valence-corrected chi connectivity index (χ0v) is 17.1. The first-order valence-corrected chi connectivity index (χ1v) is 9.52. The van der Waals surface area contributed by atoms with Crippen molar-refractivity contribution in [3.8, 4) is 5.75 Å². The molecule has 1 amide bonds. The predicted octanol–water partition coefficient (Wildman–Crippen LogP) is 4.60. The van der Waals surface area contributed by atoms with Crippen molar-refractivity contribution in [1.82, 2.24) is 0 Å². The molecule has 0 bridgehead atoms. The van der Waals surface area contributed by atoms with E-state index in [4.69, 9.17) is 4.74 Å². The minimum Gasteiger partial charge on any atom is -0.495 e. The van der Waals surface area contributed by atoms with Gasteiger partial charge >= 0.3 is 0 Å². The maximum absolute atomic E-state index is 12.3. The SMILES string of the molecule is CCN(CC)c1ccc(NC(=O)CCNc2cc(C)ccc2OC)c(C)c1. The van der Waals surface area contributed by atoms with E-state index in [1.807, 2.05) is 38.1 Å². The van der Waals surface area contributed by atoms with Gasteiger partial charge in [0, 0.05) is 37.4 Å². The standard InChI is InChI=1S/C22H31N3O2/c1-6-25(7-2)18-9-10-19(17(4)15-18)24-22(26)12-13-23-20-14-16(3)8-11-21(20)27-5/h8-11,14-15,23H,6-7,12-13H2,1-5H3,(H,24,26). The molecular formula is C22H31N3O2.